The summed E-state index contributed by atoms with van der Waals surface area (Å²) in [6.45, 7) is 1.36. The van der Waals surface area contributed by atoms with Crippen LogP contribution in [0.15, 0.2) is 18.2 Å². The molecule has 0 aliphatic heterocycles. The molecule has 16 heavy (non-hydrogen) atoms. The second-order valence-corrected chi connectivity index (χ2v) is 3.54. The molecular formula is C11H11F3O2. The summed E-state index contributed by atoms with van der Waals surface area (Å²) >= 11 is 0. The summed E-state index contributed by atoms with van der Waals surface area (Å²) < 4.78 is 39.5. The zero-order chi connectivity index (χ0) is 12.3. The summed E-state index contributed by atoms with van der Waals surface area (Å²) in [6, 6.07) is 2.63. The normalized spacial score (nSPS) is 14.5. The smallest absolute Gasteiger partial charge is 0.341 e. The number of carbonyl (C=O) groups is 1. The van der Waals surface area contributed by atoms with Crippen molar-refractivity contribution in [3.8, 4) is 0 Å². The molecule has 0 fully saturated rings. The molecule has 0 saturated carbocycles. The van der Waals surface area contributed by atoms with Gasteiger partial charge in [-0.3, -0.25) is 0 Å². The Morgan fingerprint density at radius 3 is 2.50 bits per heavy atom. The van der Waals surface area contributed by atoms with Gasteiger partial charge < -0.3 is 5.11 Å². The van der Waals surface area contributed by atoms with Crippen molar-refractivity contribution in [1.29, 1.82) is 0 Å². The maximum Gasteiger partial charge on any atom is 0.341 e. The third-order valence-electron chi connectivity index (χ3n) is 2.43. The lowest BCUT2D eigenvalue weighted by atomic mass is 9.93. The van der Waals surface area contributed by atoms with Crippen LogP contribution in [0.2, 0.25) is 0 Å². The van der Waals surface area contributed by atoms with Crippen LogP contribution in [-0.4, -0.2) is 16.7 Å². The van der Waals surface area contributed by atoms with Gasteiger partial charge in [-0.15, -0.1) is 0 Å². The number of halogens is 3. The summed E-state index contributed by atoms with van der Waals surface area (Å²) in [6.07, 6.45) is -0.885. The molecule has 88 valence electrons. The molecular weight excluding hydrogens is 221 g/mol. The third kappa shape index (κ3) is 2.53. The first kappa shape index (κ1) is 12.5. The Morgan fingerprint density at radius 1 is 1.44 bits per heavy atom. The second kappa shape index (κ2) is 4.55. The standard InChI is InChI=1S/C11H11F3O2/c1-2-11(14,10(15)16)6-7-3-4-8(12)5-9(7)13/h3-5H,2,6H2,1H3,(H,15,16). The van der Waals surface area contributed by atoms with E-state index in [1.807, 2.05) is 0 Å². The number of aliphatic carboxylic acids is 1. The zero-order valence-electron chi connectivity index (χ0n) is 8.64. The van der Waals surface area contributed by atoms with Gasteiger partial charge >= 0.3 is 5.97 Å². The Kier molecular flexibility index (Phi) is 3.57. The molecule has 0 bridgehead atoms. The average molecular weight is 232 g/mol. The van der Waals surface area contributed by atoms with Crippen molar-refractivity contribution in [2.24, 2.45) is 0 Å². The SMILES string of the molecule is CCC(F)(Cc1ccc(F)cc1F)C(=O)O. The van der Waals surface area contributed by atoms with E-state index in [4.69, 9.17) is 5.11 Å². The second-order valence-electron chi connectivity index (χ2n) is 3.54. The van der Waals surface area contributed by atoms with Crippen LogP contribution >= 0.6 is 0 Å². The van der Waals surface area contributed by atoms with E-state index in [-0.39, 0.29) is 12.0 Å². The molecule has 1 atom stereocenters. The lowest BCUT2D eigenvalue weighted by Gasteiger charge is -2.18. The van der Waals surface area contributed by atoms with E-state index < -0.39 is 29.7 Å². The van der Waals surface area contributed by atoms with Crippen LogP contribution in [-0.2, 0) is 11.2 Å². The Bertz CT molecular complexity index is 406. The topological polar surface area (TPSA) is 37.3 Å². The molecule has 0 spiro atoms. The molecule has 0 heterocycles. The van der Waals surface area contributed by atoms with E-state index in [0.717, 1.165) is 12.1 Å². The predicted molar refractivity (Wildman–Crippen MR) is 51.8 cm³/mol. The van der Waals surface area contributed by atoms with Gasteiger partial charge in [-0.2, -0.15) is 0 Å². The molecule has 0 aliphatic rings. The fourth-order valence-corrected chi connectivity index (χ4v) is 1.32. The largest absolute Gasteiger partial charge is 0.479 e. The minimum absolute atomic E-state index is 0.145. The molecule has 0 saturated heterocycles. The molecule has 0 amide bonds. The number of hydrogen-bond donors (Lipinski definition) is 1. The van der Waals surface area contributed by atoms with Crippen molar-refractivity contribution in [1.82, 2.24) is 0 Å². The van der Waals surface area contributed by atoms with Crippen LogP contribution in [0.25, 0.3) is 0 Å². The Hall–Kier alpha value is -1.52. The number of carboxylic acids is 1. The average Bonchev–Trinajstić information content (AvgIpc) is 2.22. The van der Waals surface area contributed by atoms with Gasteiger partial charge in [0.2, 0.25) is 5.67 Å². The number of hydrogen-bond acceptors (Lipinski definition) is 1. The van der Waals surface area contributed by atoms with Gasteiger partial charge in [0.05, 0.1) is 0 Å². The molecule has 1 aromatic carbocycles. The molecule has 0 aromatic heterocycles. The van der Waals surface area contributed by atoms with Gasteiger partial charge in [-0.05, 0) is 18.1 Å². The fourth-order valence-electron chi connectivity index (χ4n) is 1.32. The molecule has 1 aromatic rings. The number of rotatable bonds is 4. The molecule has 1 unspecified atom stereocenters. The minimum atomic E-state index is -2.52. The van der Waals surface area contributed by atoms with E-state index in [9.17, 15) is 18.0 Å². The summed E-state index contributed by atoms with van der Waals surface area (Å²) in [5.41, 5.74) is -2.66. The van der Waals surface area contributed by atoms with Crippen molar-refractivity contribution < 1.29 is 23.1 Å². The maximum atomic E-state index is 13.7. The van der Waals surface area contributed by atoms with Gasteiger partial charge in [-0.1, -0.05) is 13.0 Å². The molecule has 0 aliphatic carbocycles. The molecule has 1 rings (SSSR count). The third-order valence-corrected chi connectivity index (χ3v) is 2.43. The fraction of sp³-hybridized carbons (Fsp3) is 0.364. The van der Waals surface area contributed by atoms with E-state index in [2.05, 4.69) is 0 Å². The van der Waals surface area contributed by atoms with Gasteiger partial charge in [-0.25, -0.2) is 18.0 Å². The quantitative estimate of drug-likeness (QED) is 0.866. The van der Waals surface area contributed by atoms with Gasteiger partial charge in [0.1, 0.15) is 11.6 Å². The van der Waals surface area contributed by atoms with Gasteiger partial charge in [0.25, 0.3) is 0 Å². The maximum absolute atomic E-state index is 13.7. The highest BCUT2D eigenvalue weighted by Crippen LogP contribution is 2.24. The number of carboxylic acid groups (broad SMARTS) is 1. The van der Waals surface area contributed by atoms with Crippen molar-refractivity contribution in [2.45, 2.75) is 25.4 Å². The van der Waals surface area contributed by atoms with Gasteiger partial charge in [0, 0.05) is 12.5 Å². The highest BCUT2D eigenvalue weighted by atomic mass is 19.1. The van der Waals surface area contributed by atoms with Crippen LogP contribution in [0.5, 0.6) is 0 Å². The monoisotopic (exact) mass is 232 g/mol. The molecule has 2 nitrogen and oxygen atoms in total. The first-order valence-electron chi connectivity index (χ1n) is 4.75. The highest BCUT2D eigenvalue weighted by Gasteiger charge is 2.37. The van der Waals surface area contributed by atoms with E-state index >= 15 is 0 Å². The highest BCUT2D eigenvalue weighted by molar-refractivity contribution is 5.77. The van der Waals surface area contributed by atoms with Crippen LogP contribution < -0.4 is 0 Å². The number of alkyl halides is 1. The van der Waals surface area contributed by atoms with E-state index in [1.165, 1.54) is 6.92 Å². The van der Waals surface area contributed by atoms with Crippen molar-refractivity contribution in [3.05, 3.63) is 35.4 Å². The Balaban J connectivity index is 2.99. The van der Waals surface area contributed by atoms with Crippen LogP contribution in [0.3, 0.4) is 0 Å². The van der Waals surface area contributed by atoms with Crippen LogP contribution in [0.4, 0.5) is 13.2 Å². The first-order valence-corrected chi connectivity index (χ1v) is 4.75. The summed E-state index contributed by atoms with van der Waals surface area (Å²) in [5.74, 6) is -3.35. The summed E-state index contributed by atoms with van der Waals surface area (Å²) in [7, 11) is 0. The Morgan fingerprint density at radius 2 is 2.06 bits per heavy atom. The van der Waals surface area contributed by atoms with Gasteiger partial charge in [0.15, 0.2) is 0 Å². The first-order chi connectivity index (χ1) is 7.39. The van der Waals surface area contributed by atoms with Crippen molar-refractivity contribution in [2.75, 3.05) is 0 Å². The molecule has 1 N–H and O–H groups in total. The number of benzene rings is 1. The van der Waals surface area contributed by atoms with Crippen molar-refractivity contribution >= 4 is 5.97 Å². The summed E-state index contributed by atoms with van der Waals surface area (Å²) in [4.78, 5) is 10.7. The van der Waals surface area contributed by atoms with E-state index in [1.54, 1.807) is 0 Å². The predicted octanol–water partition coefficient (Wildman–Crippen LogP) is 2.71. The lowest BCUT2D eigenvalue weighted by molar-refractivity contribution is -0.151. The molecule has 0 radical (unpaired) electrons. The summed E-state index contributed by atoms with van der Waals surface area (Å²) in [5, 5.41) is 8.67. The molecule has 5 heteroatoms. The lowest BCUT2D eigenvalue weighted by Crippen LogP contribution is -2.35. The van der Waals surface area contributed by atoms with Crippen LogP contribution in [0.1, 0.15) is 18.9 Å². The Labute approximate surface area is 90.7 Å². The van der Waals surface area contributed by atoms with Crippen molar-refractivity contribution in [3.63, 3.8) is 0 Å². The minimum Gasteiger partial charge on any atom is -0.479 e. The zero-order valence-corrected chi connectivity index (χ0v) is 8.64. The van der Waals surface area contributed by atoms with Crippen LogP contribution in [0, 0.1) is 11.6 Å². The van der Waals surface area contributed by atoms with E-state index in [0.29, 0.717) is 6.07 Å².